The van der Waals surface area contributed by atoms with E-state index in [0.29, 0.717) is 6.04 Å². The van der Waals surface area contributed by atoms with E-state index in [9.17, 15) is 4.79 Å². The summed E-state index contributed by atoms with van der Waals surface area (Å²) in [6.07, 6.45) is 0.930. The largest absolute Gasteiger partial charge is 0.373 e. The molecule has 6 nitrogen and oxygen atoms in total. The van der Waals surface area contributed by atoms with E-state index >= 15 is 0 Å². The lowest BCUT2D eigenvalue weighted by Crippen LogP contribution is -2.48. The third-order valence-corrected chi connectivity index (χ3v) is 5.48. The normalized spacial score (nSPS) is 26.4. The molecule has 3 heterocycles. The van der Waals surface area contributed by atoms with Gasteiger partial charge >= 0.3 is 0 Å². The molecule has 3 rings (SSSR count). The fourth-order valence-corrected chi connectivity index (χ4v) is 3.86. The summed E-state index contributed by atoms with van der Waals surface area (Å²) in [6, 6.07) is 0.349. The molecule has 0 N–H and O–H groups in total. The highest BCUT2D eigenvalue weighted by Gasteiger charge is 2.41. The third-order valence-electron chi connectivity index (χ3n) is 5.48. The number of hydrogen-bond donors (Lipinski definition) is 0. The van der Waals surface area contributed by atoms with Crippen molar-refractivity contribution in [2.24, 2.45) is 13.0 Å². The van der Waals surface area contributed by atoms with Crippen molar-refractivity contribution in [2.75, 3.05) is 33.3 Å². The number of amides is 1. The van der Waals surface area contributed by atoms with Crippen molar-refractivity contribution in [3.63, 3.8) is 0 Å². The Morgan fingerprint density at radius 1 is 1.35 bits per heavy atom. The van der Waals surface area contributed by atoms with Crippen LogP contribution in [0.4, 0.5) is 0 Å². The lowest BCUT2D eigenvalue weighted by atomic mass is 9.98. The van der Waals surface area contributed by atoms with Gasteiger partial charge in [0, 0.05) is 38.3 Å². The van der Waals surface area contributed by atoms with E-state index in [1.807, 2.05) is 30.5 Å². The number of aryl methyl sites for hydroxylation is 2. The highest BCUT2D eigenvalue weighted by molar-refractivity contribution is 5.79. The molecule has 23 heavy (non-hydrogen) atoms. The van der Waals surface area contributed by atoms with Crippen LogP contribution in [0.25, 0.3) is 0 Å². The fourth-order valence-electron chi connectivity index (χ4n) is 3.86. The van der Waals surface area contributed by atoms with Gasteiger partial charge in [-0.2, -0.15) is 5.10 Å². The van der Waals surface area contributed by atoms with Gasteiger partial charge in [-0.15, -0.1) is 0 Å². The second-order valence-electron chi connectivity index (χ2n) is 7.08. The molecule has 2 fully saturated rings. The van der Waals surface area contributed by atoms with Crippen LogP contribution in [0.5, 0.6) is 0 Å². The van der Waals surface area contributed by atoms with Crippen molar-refractivity contribution in [2.45, 2.75) is 39.3 Å². The quantitative estimate of drug-likeness (QED) is 0.825. The number of rotatable bonds is 3. The zero-order valence-corrected chi connectivity index (χ0v) is 14.9. The standard InChI is InChI=1S/C17H28N4O2/c1-11(8-14-12(2)18-20(5)13(14)3)17(22)21-9-15-16(10-21)23-7-6-19(15)4/h11,15-16H,6-10H2,1-5H3/t11-,15+,16+/m0/s1. The predicted molar refractivity (Wildman–Crippen MR) is 88.3 cm³/mol. The van der Waals surface area contributed by atoms with Gasteiger partial charge in [-0.1, -0.05) is 6.92 Å². The zero-order chi connectivity index (χ0) is 16.7. The molecule has 0 spiro atoms. The topological polar surface area (TPSA) is 50.6 Å². The summed E-state index contributed by atoms with van der Waals surface area (Å²) in [5.41, 5.74) is 3.39. The van der Waals surface area contributed by atoms with Crippen molar-refractivity contribution in [3.05, 3.63) is 17.0 Å². The van der Waals surface area contributed by atoms with Gasteiger partial charge in [0.1, 0.15) is 0 Å². The Hall–Kier alpha value is -1.40. The molecule has 2 aliphatic heterocycles. The number of morpholine rings is 1. The number of ether oxygens (including phenoxy) is 1. The molecule has 1 aromatic rings. The summed E-state index contributed by atoms with van der Waals surface area (Å²) >= 11 is 0. The first-order valence-corrected chi connectivity index (χ1v) is 8.48. The molecule has 0 bridgehead atoms. The maximum Gasteiger partial charge on any atom is 0.225 e. The average molecular weight is 320 g/mol. The van der Waals surface area contributed by atoms with Gasteiger partial charge in [-0.05, 0) is 32.9 Å². The Labute approximate surface area is 138 Å². The molecular weight excluding hydrogens is 292 g/mol. The molecule has 6 heteroatoms. The number of nitrogens with zero attached hydrogens (tertiary/aromatic N) is 4. The van der Waals surface area contributed by atoms with E-state index in [2.05, 4.69) is 24.0 Å². The Bertz CT molecular complexity index is 598. The van der Waals surface area contributed by atoms with Crippen LogP contribution in [0.15, 0.2) is 0 Å². The number of carbonyl (C=O) groups is 1. The van der Waals surface area contributed by atoms with Gasteiger partial charge in [0.25, 0.3) is 0 Å². The van der Waals surface area contributed by atoms with Crippen LogP contribution < -0.4 is 0 Å². The summed E-state index contributed by atoms with van der Waals surface area (Å²) in [6.45, 7) is 9.35. The van der Waals surface area contributed by atoms with Gasteiger partial charge in [-0.25, -0.2) is 0 Å². The predicted octanol–water partition coefficient (Wildman–Crippen LogP) is 0.757. The van der Waals surface area contributed by atoms with Crippen LogP contribution >= 0.6 is 0 Å². The molecule has 128 valence electrons. The SMILES string of the molecule is Cc1nn(C)c(C)c1C[C@H](C)C(=O)N1C[C@@H]2[C@@H](C1)OCCN2C. The van der Waals surface area contributed by atoms with Gasteiger partial charge in [0.2, 0.25) is 5.91 Å². The van der Waals surface area contributed by atoms with Crippen LogP contribution in [-0.2, 0) is 23.0 Å². The molecule has 3 atom stereocenters. The molecule has 0 unspecified atom stereocenters. The van der Waals surface area contributed by atoms with E-state index in [4.69, 9.17) is 4.74 Å². The Morgan fingerprint density at radius 2 is 2.09 bits per heavy atom. The number of likely N-dealkylation sites (N-methyl/N-ethyl adjacent to an activating group) is 1. The lowest BCUT2D eigenvalue weighted by Gasteiger charge is -2.33. The number of hydrogen-bond acceptors (Lipinski definition) is 4. The van der Waals surface area contributed by atoms with Crippen LogP contribution in [-0.4, -0.2) is 70.9 Å². The smallest absolute Gasteiger partial charge is 0.225 e. The third kappa shape index (κ3) is 3.02. The van der Waals surface area contributed by atoms with Crippen LogP contribution in [0, 0.1) is 19.8 Å². The molecule has 1 aromatic heterocycles. The van der Waals surface area contributed by atoms with Gasteiger partial charge in [0.05, 0.1) is 24.4 Å². The molecular formula is C17H28N4O2. The zero-order valence-electron chi connectivity index (χ0n) is 14.9. The van der Waals surface area contributed by atoms with E-state index in [1.54, 1.807) is 0 Å². The van der Waals surface area contributed by atoms with Crippen molar-refractivity contribution < 1.29 is 9.53 Å². The van der Waals surface area contributed by atoms with Crippen molar-refractivity contribution in [1.82, 2.24) is 19.6 Å². The second kappa shape index (κ2) is 6.24. The fraction of sp³-hybridized carbons (Fsp3) is 0.765. The number of aromatic nitrogens is 2. The Kier molecular flexibility index (Phi) is 4.47. The first-order valence-electron chi connectivity index (χ1n) is 8.48. The van der Waals surface area contributed by atoms with Gasteiger partial charge in [0.15, 0.2) is 0 Å². The van der Waals surface area contributed by atoms with Crippen molar-refractivity contribution >= 4 is 5.91 Å². The van der Waals surface area contributed by atoms with Crippen LogP contribution in [0.1, 0.15) is 23.9 Å². The van der Waals surface area contributed by atoms with Gasteiger partial charge in [-0.3, -0.25) is 14.4 Å². The molecule has 0 aliphatic carbocycles. The first kappa shape index (κ1) is 16.5. The summed E-state index contributed by atoms with van der Waals surface area (Å²) in [5.74, 6) is 0.209. The highest BCUT2D eigenvalue weighted by Crippen LogP contribution is 2.25. The molecule has 0 aromatic carbocycles. The van der Waals surface area contributed by atoms with Crippen LogP contribution in [0.3, 0.4) is 0 Å². The number of carbonyl (C=O) groups excluding carboxylic acids is 1. The number of fused-ring (bicyclic) bond motifs is 1. The summed E-state index contributed by atoms with van der Waals surface area (Å²) in [7, 11) is 4.08. The van der Waals surface area contributed by atoms with Gasteiger partial charge < -0.3 is 9.64 Å². The van der Waals surface area contributed by atoms with Crippen molar-refractivity contribution in [1.29, 1.82) is 0 Å². The maximum atomic E-state index is 12.9. The van der Waals surface area contributed by atoms with E-state index in [-0.39, 0.29) is 17.9 Å². The summed E-state index contributed by atoms with van der Waals surface area (Å²) < 4.78 is 7.74. The maximum absolute atomic E-state index is 12.9. The molecule has 2 aliphatic rings. The highest BCUT2D eigenvalue weighted by atomic mass is 16.5. The molecule has 1 amide bonds. The summed E-state index contributed by atoms with van der Waals surface area (Å²) in [5, 5.41) is 4.45. The Balaban J connectivity index is 1.66. The first-order chi connectivity index (χ1) is 10.9. The number of likely N-dealkylation sites (tertiary alicyclic amines) is 1. The summed E-state index contributed by atoms with van der Waals surface area (Å²) in [4.78, 5) is 17.2. The van der Waals surface area contributed by atoms with E-state index in [1.165, 1.54) is 5.56 Å². The Morgan fingerprint density at radius 3 is 2.70 bits per heavy atom. The lowest BCUT2D eigenvalue weighted by molar-refractivity contribution is -0.134. The van der Waals surface area contributed by atoms with Crippen molar-refractivity contribution in [3.8, 4) is 0 Å². The van der Waals surface area contributed by atoms with Crippen LogP contribution in [0.2, 0.25) is 0 Å². The minimum Gasteiger partial charge on any atom is -0.373 e. The van der Waals surface area contributed by atoms with E-state index in [0.717, 1.165) is 44.0 Å². The van der Waals surface area contributed by atoms with E-state index < -0.39 is 0 Å². The monoisotopic (exact) mass is 320 g/mol. The molecule has 2 saturated heterocycles. The second-order valence-corrected chi connectivity index (χ2v) is 7.08. The minimum absolute atomic E-state index is 0.0259. The minimum atomic E-state index is -0.0259. The average Bonchev–Trinajstić information content (AvgIpc) is 3.04. The molecule has 0 radical (unpaired) electrons. The molecule has 0 saturated carbocycles.